The molecule has 1 saturated heterocycles. The second-order valence-corrected chi connectivity index (χ2v) is 9.13. The van der Waals surface area contributed by atoms with Gasteiger partial charge in [0.1, 0.15) is 17.4 Å². The summed E-state index contributed by atoms with van der Waals surface area (Å²) in [4.78, 5) is 8.03. The smallest absolute Gasteiger partial charge is 0.126 e. The van der Waals surface area contributed by atoms with E-state index in [1.54, 1.807) is 7.11 Å². The van der Waals surface area contributed by atoms with Crippen LogP contribution in [0, 0.1) is 11.3 Å². The van der Waals surface area contributed by atoms with Gasteiger partial charge in [-0.15, -0.1) is 0 Å². The van der Waals surface area contributed by atoms with Crippen LogP contribution in [0.1, 0.15) is 18.4 Å². The van der Waals surface area contributed by atoms with Gasteiger partial charge in [0.2, 0.25) is 0 Å². The number of rotatable bonds is 4. The molecule has 0 radical (unpaired) electrons. The molecular formula is C27H33N5O. The van der Waals surface area contributed by atoms with Gasteiger partial charge < -0.3 is 24.8 Å². The molecule has 2 aliphatic heterocycles. The molecule has 0 bridgehead atoms. The van der Waals surface area contributed by atoms with E-state index in [0.717, 1.165) is 74.1 Å². The van der Waals surface area contributed by atoms with Gasteiger partial charge in [0.05, 0.1) is 7.11 Å². The number of para-hydroxylation sites is 1. The molecule has 6 heteroatoms. The summed E-state index contributed by atoms with van der Waals surface area (Å²) in [5, 5.41) is 12.5. The van der Waals surface area contributed by atoms with Crippen molar-refractivity contribution in [1.82, 2.24) is 14.8 Å². The number of nitrogens with one attached hydrogen (secondary N) is 3. The Balaban J connectivity index is 1.37. The van der Waals surface area contributed by atoms with Crippen molar-refractivity contribution in [3.63, 3.8) is 0 Å². The van der Waals surface area contributed by atoms with Gasteiger partial charge in [0, 0.05) is 55.0 Å². The lowest BCUT2D eigenvalue weighted by Gasteiger charge is -2.30. The predicted molar refractivity (Wildman–Crippen MR) is 136 cm³/mol. The maximum Gasteiger partial charge on any atom is 0.126 e. The van der Waals surface area contributed by atoms with Crippen LogP contribution in [0.15, 0.2) is 59.8 Å². The second kappa shape index (κ2) is 9.32. The summed E-state index contributed by atoms with van der Waals surface area (Å²) < 4.78 is 5.61. The van der Waals surface area contributed by atoms with E-state index in [-0.39, 0.29) is 5.92 Å². The highest BCUT2D eigenvalue weighted by Crippen LogP contribution is 2.39. The zero-order chi connectivity index (χ0) is 22.8. The first-order valence-electron chi connectivity index (χ1n) is 11.8. The van der Waals surface area contributed by atoms with Crippen molar-refractivity contribution >= 4 is 17.7 Å². The molecule has 0 saturated carbocycles. The molecule has 0 amide bonds. The molecular weight excluding hydrogens is 410 g/mol. The molecule has 2 aromatic rings. The van der Waals surface area contributed by atoms with Crippen LogP contribution in [0.2, 0.25) is 0 Å². The quantitative estimate of drug-likeness (QED) is 0.477. The zero-order valence-electron chi connectivity index (χ0n) is 19.5. The number of hydrogen-bond donors (Lipinski definition) is 3. The van der Waals surface area contributed by atoms with E-state index in [9.17, 15) is 0 Å². The number of amidine groups is 1. The SMILES string of the molecule is COc1ccccc1-c1c[nH]c2c1C=C(C1=CC=CC(C(=N)N3CCCN(C)CC3)C1)CN2. The van der Waals surface area contributed by atoms with Crippen molar-refractivity contribution < 1.29 is 4.74 Å². The van der Waals surface area contributed by atoms with E-state index in [1.807, 2.05) is 18.2 Å². The first-order chi connectivity index (χ1) is 16.1. The van der Waals surface area contributed by atoms with Gasteiger partial charge in [-0.3, -0.25) is 5.41 Å². The highest BCUT2D eigenvalue weighted by molar-refractivity contribution is 5.88. The molecule has 1 fully saturated rings. The van der Waals surface area contributed by atoms with Crippen molar-refractivity contribution in [2.24, 2.45) is 5.92 Å². The van der Waals surface area contributed by atoms with E-state index in [4.69, 9.17) is 10.1 Å². The van der Waals surface area contributed by atoms with Gasteiger partial charge in [0.15, 0.2) is 0 Å². The minimum absolute atomic E-state index is 0.135. The van der Waals surface area contributed by atoms with Crippen LogP contribution in [0.25, 0.3) is 17.2 Å². The number of allylic oxidation sites excluding steroid dienone is 2. The normalized spacial score (nSPS) is 20.9. The highest BCUT2D eigenvalue weighted by Gasteiger charge is 2.26. The lowest BCUT2D eigenvalue weighted by molar-refractivity contribution is 0.343. The molecule has 0 spiro atoms. The molecule has 3 heterocycles. The van der Waals surface area contributed by atoms with Gasteiger partial charge in [-0.1, -0.05) is 36.4 Å². The topological polar surface area (TPSA) is 67.4 Å². The average Bonchev–Trinajstić information content (AvgIpc) is 3.16. The number of hydrogen-bond acceptors (Lipinski definition) is 4. The minimum Gasteiger partial charge on any atom is -0.496 e. The van der Waals surface area contributed by atoms with Crippen molar-refractivity contribution in [2.75, 3.05) is 52.2 Å². The van der Waals surface area contributed by atoms with Gasteiger partial charge in [-0.2, -0.15) is 0 Å². The number of likely N-dealkylation sites (N-methyl/N-ethyl adjacent to an activating group) is 1. The molecule has 5 rings (SSSR count). The van der Waals surface area contributed by atoms with Crippen molar-refractivity contribution in [2.45, 2.75) is 12.8 Å². The van der Waals surface area contributed by atoms with E-state index in [1.165, 1.54) is 16.7 Å². The van der Waals surface area contributed by atoms with E-state index in [2.05, 4.69) is 63.7 Å². The van der Waals surface area contributed by atoms with Gasteiger partial charge in [-0.25, -0.2) is 0 Å². The Labute approximate surface area is 196 Å². The molecule has 1 atom stereocenters. The summed E-state index contributed by atoms with van der Waals surface area (Å²) in [5.74, 6) is 2.81. The van der Waals surface area contributed by atoms with Crippen LogP contribution in [-0.2, 0) is 0 Å². The number of benzene rings is 1. The van der Waals surface area contributed by atoms with Crippen molar-refractivity contribution in [3.05, 3.63) is 65.4 Å². The van der Waals surface area contributed by atoms with Crippen LogP contribution in [-0.4, -0.2) is 67.5 Å². The Bertz CT molecular complexity index is 1130. The van der Waals surface area contributed by atoms with Crippen molar-refractivity contribution in [1.29, 1.82) is 5.41 Å². The fourth-order valence-electron chi connectivity index (χ4n) is 5.06. The molecule has 1 aromatic heterocycles. The number of ether oxygens (including phenoxy) is 1. The number of methoxy groups -OCH3 is 1. The summed E-state index contributed by atoms with van der Waals surface area (Å²) >= 11 is 0. The van der Waals surface area contributed by atoms with E-state index in [0.29, 0.717) is 0 Å². The molecule has 172 valence electrons. The lowest BCUT2D eigenvalue weighted by atomic mass is 9.86. The summed E-state index contributed by atoms with van der Waals surface area (Å²) in [6.45, 7) is 4.84. The van der Waals surface area contributed by atoms with Crippen LogP contribution in [0.5, 0.6) is 5.75 Å². The first kappa shape index (κ1) is 21.6. The maximum atomic E-state index is 8.90. The summed E-state index contributed by atoms with van der Waals surface area (Å²) in [6.07, 6.45) is 12.9. The fraction of sp³-hybridized carbons (Fsp3) is 0.370. The highest BCUT2D eigenvalue weighted by atomic mass is 16.5. The van der Waals surface area contributed by atoms with Gasteiger partial charge in [-0.05, 0) is 49.7 Å². The van der Waals surface area contributed by atoms with Gasteiger partial charge in [0.25, 0.3) is 0 Å². The Hall–Kier alpha value is -3.25. The standard InChI is InChI=1S/C27H33N5O/c1-31-11-6-12-32(14-13-31)26(28)20-8-5-7-19(15-20)21-16-23-24(18-30-27(23)29-17-21)22-9-3-4-10-25(22)33-2/h3-5,7-10,16,18,20,28-30H,6,11-15,17H2,1-2H3. The lowest BCUT2D eigenvalue weighted by Crippen LogP contribution is -2.38. The third-order valence-electron chi connectivity index (χ3n) is 7.00. The second-order valence-electron chi connectivity index (χ2n) is 9.13. The monoisotopic (exact) mass is 443 g/mol. The zero-order valence-corrected chi connectivity index (χ0v) is 19.5. The fourth-order valence-corrected chi connectivity index (χ4v) is 5.06. The summed E-state index contributed by atoms with van der Waals surface area (Å²) in [6, 6.07) is 8.14. The Kier molecular flexibility index (Phi) is 6.09. The summed E-state index contributed by atoms with van der Waals surface area (Å²) in [5.41, 5.74) is 5.98. The third-order valence-corrected chi connectivity index (χ3v) is 7.00. The molecule has 33 heavy (non-hydrogen) atoms. The number of fused-ring (bicyclic) bond motifs is 1. The van der Waals surface area contributed by atoms with Crippen molar-refractivity contribution in [3.8, 4) is 16.9 Å². The largest absolute Gasteiger partial charge is 0.496 e. The van der Waals surface area contributed by atoms with Crippen LogP contribution in [0.4, 0.5) is 5.82 Å². The number of H-pyrrole nitrogens is 1. The Morgan fingerprint density at radius 3 is 2.85 bits per heavy atom. The third kappa shape index (κ3) is 4.35. The molecule has 1 unspecified atom stereocenters. The number of aromatic nitrogens is 1. The predicted octanol–water partition coefficient (Wildman–Crippen LogP) is 4.62. The van der Waals surface area contributed by atoms with Crippen LogP contribution in [0.3, 0.4) is 0 Å². The van der Waals surface area contributed by atoms with Gasteiger partial charge >= 0.3 is 0 Å². The minimum atomic E-state index is 0.135. The Morgan fingerprint density at radius 2 is 1.97 bits per heavy atom. The molecule has 1 aliphatic carbocycles. The van der Waals surface area contributed by atoms with Crippen LogP contribution < -0.4 is 10.1 Å². The molecule has 3 N–H and O–H groups in total. The number of aromatic amines is 1. The first-order valence-corrected chi connectivity index (χ1v) is 11.8. The van der Waals surface area contributed by atoms with E-state index >= 15 is 0 Å². The van der Waals surface area contributed by atoms with E-state index < -0.39 is 0 Å². The molecule has 1 aromatic carbocycles. The number of nitrogens with zero attached hydrogens (tertiary/aromatic N) is 2. The average molecular weight is 444 g/mol. The molecule has 6 nitrogen and oxygen atoms in total. The maximum absolute atomic E-state index is 8.90. The number of anilines is 1. The molecule has 3 aliphatic rings. The Morgan fingerprint density at radius 1 is 1.09 bits per heavy atom. The summed E-state index contributed by atoms with van der Waals surface area (Å²) in [7, 11) is 3.89. The van der Waals surface area contributed by atoms with Crippen LogP contribution >= 0.6 is 0 Å².